The summed E-state index contributed by atoms with van der Waals surface area (Å²) >= 11 is 0. The van der Waals surface area contributed by atoms with Gasteiger partial charge in [0.15, 0.2) is 0 Å². The van der Waals surface area contributed by atoms with Gasteiger partial charge in [0.25, 0.3) is 5.88 Å². The van der Waals surface area contributed by atoms with E-state index in [0.717, 1.165) is 50.0 Å². The highest BCUT2D eigenvalue weighted by atomic mass is 16.6. The van der Waals surface area contributed by atoms with Gasteiger partial charge in [-0.15, -0.1) is 10.2 Å². The number of benzene rings is 1. The van der Waals surface area contributed by atoms with Crippen LogP contribution in [-0.2, 0) is 44.4 Å². The lowest BCUT2D eigenvalue weighted by molar-refractivity contribution is -0.0458. The highest BCUT2D eigenvalue weighted by Gasteiger charge is 2.42. The molecule has 7 rings (SSSR count). The summed E-state index contributed by atoms with van der Waals surface area (Å²) in [5.41, 5.74) is 2.69. The second-order valence-electron chi connectivity index (χ2n) is 16.7. The number of anilines is 2. The van der Waals surface area contributed by atoms with E-state index in [1.165, 1.54) is 19.2 Å². The predicted octanol–water partition coefficient (Wildman–Crippen LogP) is 4.27. The number of fused-ring (bicyclic) bond motifs is 2. The van der Waals surface area contributed by atoms with E-state index in [4.69, 9.17) is 52.5 Å². The lowest BCUT2D eigenvalue weighted by atomic mass is 9.89. The molecule has 0 unspecified atom stereocenters. The van der Waals surface area contributed by atoms with Crippen LogP contribution < -0.4 is 14.8 Å². The molecule has 21 nitrogen and oxygen atoms in total. The van der Waals surface area contributed by atoms with Crippen LogP contribution in [0.4, 0.5) is 11.6 Å². The Hall–Kier alpha value is -4.89. The Morgan fingerprint density at radius 2 is 1.34 bits per heavy atom. The van der Waals surface area contributed by atoms with Gasteiger partial charge >= 0.3 is 0 Å². The van der Waals surface area contributed by atoms with E-state index in [0.29, 0.717) is 152 Å². The average Bonchev–Trinajstić information content (AvgIpc) is 4.08. The topological polar surface area (TPSA) is 219 Å². The molecule has 2 aliphatic heterocycles. The first kappa shape index (κ1) is 50.0. The van der Waals surface area contributed by atoms with Crippen LogP contribution >= 0.6 is 0 Å². The van der Waals surface area contributed by atoms with Gasteiger partial charge < -0.3 is 52.7 Å². The molecule has 0 radical (unpaired) electrons. The fourth-order valence-electron chi connectivity index (χ4n) is 8.64. The van der Waals surface area contributed by atoms with Crippen molar-refractivity contribution in [2.45, 2.75) is 88.7 Å². The van der Waals surface area contributed by atoms with Gasteiger partial charge in [-0.25, -0.2) is 14.6 Å². The number of ether oxygens (including phenoxy) is 10. The number of nitrogens with one attached hydrogen (secondary N) is 1. The van der Waals surface area contributed by atoms with Crippen molar-refractivity contribution in [3.05, 3.63) is 48.7 Å². The molecule has 366 valence electrons. The quantitative estimate of drug-likeness (QED) is 0.0676. The Balaban J connectivity index is 0.844. The van der Waals surface area contributed by atoms with Gasteiger partial charge in [0, 0.05) is 56.2 Å². The van der Waals surface area contributed by atoms with E-state index >= 15 is 0 Å². The minimum Gasteiger partial charge on any atom is -0.487 e. The molecule has 0 spiro atoms. The van der Waals surface area contributed by atoms with Crippen molar-refractivity contribution in [1.29, 1.82) is 5.26 Å². The fraction of sp³-hybridized carbons (Fsp3) is 0.674. The Morgan fingerprint density at radius 3 is 1.94 bits per heavy atom. The van der Waals surface area contributed by atoms with Gasteiger partial charge in [-0.3, -0.25) is 9.58 Å². The second-order valence-corrected chi connectivity index (χ2v) is 16.7. The summed E-state index contributed by atoms with van der Waals surface area (Å²) in [6.45, 7) is 11.1. The number of methoxy groups -OCH3 is 1. The number of aromatic nitrogens is 8. The standard InChI is InChI=1S/C46H67N11O10/c1-35(30-55-34-50-53-54-55)67-44-26-36(4-5-37(44)27-47)38-28-48-46(49-29-38)51-43-31-56(39-6-8-40(9-7-39)57-41-10-11-42(57)33-65-32-41)52-45(43)66-13-3-12-59-16-17-61-20-21-63-24-25-64-23-22-62-19-18-60-15-14-58-2/h4-5,26,28-29,31,34-35,39-42H,3,6-25,30,32-33H2,1-2H3,(H,48,49,51)/t35-,39-,40-,41-,42+/m0/s1. The van der Waals surface area contributed by atoms with E-state index in [9.17, 15) is 5.26 Å². The monoisotopic (exact) mass is 934 g/mol. The molecule has 3 aliphatic rings. The molecule has 1 saturated carbocycles. The van der Waals surface area contributed by atoms with Crippen molar-refractivity contribution >= 4 is 11.6 Å². The van der Waals surface area contributed by atoms with Crippen LogP contribution in [0.5, 0.6) is 11.6 Å². The first-order valence-corrected chi connectivity index (χ1v) is 23.6. The first-order chi connectivity index (χ1) is 33.1. The maximum Gasteiger partial charge on any atom is 0.256 e. The molecular formula is C46H67N11O10. The minimum absolute atomic E-state index is 0.259. The molecule has 3 aromatic heterocycles. The molecule has 2 saturated heterocycles. The van der Waals surface area contributed by atoms with Crippen molar-refractivity contribution in [3.8, 4) is 28.8 Å². The number of nitriles is 1. The molecule has 0 amide bonds. The van der Waals surface area contributed by atoms with Crippen molar-refractivity contribution in [2.75, 3.05) is 118 Å². The van der Waals surface area contributed by atoms with Gasteiger partial charge in [0.05, 0.1) is 123 Å². The third-order valence-corrected chi connectivity index (χ3v) is 11.9. The largest absolute Gasteiger partial charge is 0.487 e. The third-order valence-electron chi connectivity index (χ3n) is 11.9. The van der Waals surface area contributed by atoms with Crippen LogP contribution in [-0.4, -0.2) is 182 Å². The fourth-order valence-corrected chi connectivity index (χ4v) is 8.64. The van der Waals surface area contributed by atoms with Crippen LogP contribution in [0.1, 0.15) is 63.5 Å². The SMILES string of the molecule is COCCOCCOCCOCCOCCOCCOCCCOc1nn([C@H]2CC[C@H](N3[C@@H]4CC[C@H]3COC4)CC2)cc1Nc1ncc(-c2ccc(C#N)c(O[C@@H](C)Cn3cnnn3)c2)cn1. The van der Waals surface area contributed by atoms with Gasteiger partial charge in [-0.2, -0.15) is 5.26 Å². The number of hydrogen-bond donors (Lipinski definition) is 1. The van der Waals surface area contributed by atoms with Crippen molar-refractivity contribution < 1.29 is 47.4 Å². The normalized spacial score (nSPS) is 19.9. The maximum atomic E-state index is 9.77. The summed E-state index contributed by atoms with van der Waals surface area (Å²) < 4.78 is 60.2. The van der Waals surface area contributed by atoms with Crippen molar-refractivity contribution in [3.63, 3.8) is 0 Å². The molecule has 1 N–H and O–H groups in total. The van der Waals surface area contributed by atoms with Crippen LogP contribution in [0.3, 0.4) is 0 Å². The summed E-state index contributed by atoms with van der Waals surface area (Å²) in [5, 5.41) is 29.4. The maximum absolute atomic E-state index is 9.77. The summed E-state index contributed by atoms with van der Waals surface area (Å²) in [7, 11) is 1.65. The number of rotatable bonds is 32. The number of nitrogens with zero attached hydrogens (tertiary/aromatic N) is 10. The summed E-state index contributed by atoms with van der Waals surface area (Å²) in [4.78, 5) is 12.1. The van der Waals surface area contributed by atoms with Crippen molar-refractivity contribution in [1.82, 2.24) is 44.9 Å². The van der Waals surface area contributed by atoms with Gasteiger partial charge in [0.1, 0.15) is 29.9 Å². The predicted molar refractivity (Wildman–Crippen MR) is 243 cm³/mol. The molecule has 67 heavy (non-hydrogen) atoms. The summed E-state index contributed by atoms with van der Waals surface area (Å²) in [5.74, 6) is 1.35. The molecule has 3 fully saturated rings. The third kappa shape index (κ3) is 15.8. The molecule has 4 aromatic rings. The lowest BCUT2D eigenvalue weighted by Gasteiger charge is -2.43. The van der Waals surface area contributed by atoms with E-state index in [1.807, 2.05) is 25.3 Å². The molecule has 1 aromatic carbocycles. The summed E-state index contributed by atoms with van der Waals surface area (Å²) in [6.07, 6.45) is 14.2. The Bertz CT molecular complexity index is 2020. The zero-order chi connectivity index (χ0) is 46.3. The first-order valence-electron chi connectivity index (χ1n) is 23.6. The molecule has 1 aliphatic carbocycles. The highest BCUT2D eigenvalue weighted by Crippen LogP contribution is 2.39. The lowest BCUT2D eigenvalue weighted by Crippen LogP contribution is -2.52. The number of tetrazole rings is 1. The summed E-state index contributed by atoms with van der Waals surface area (Å²) in [6, 6.07) is 9.60. The molecule has 21 heteroatoms. The smallest absolute Gasteiger partial charge is 0.256 e. The molecular weight excluding hydrogens is 867 g/mol. The number of hydrogen-bond acceptors (Lipinski definition) is 19. The van der Waals surface area contributed by atoms with Crippen LogP contribution in [0.15, 0.2) is 43.1 Å². The zero-order valence-corrected chi connectivity index (χ0v) is 39.0. The second kappa shape index (κ2) is 27.8. The van der Waals surface area contributed by atoms with Gasteiger partial charge in [-0.05, 0) is 73.6 Å². The van der Waals surface area contributed by atoms with E-state index in [-0.39, 0.29) is 12.1 Å². The van der Waals surface area contributed by atoms with Crippen molar-refractivity contribution in [2.24, 2.45) is 0 Å². The Kier molecular flexibility index (Phi) is 20.8. The van der Waals surface area contributed by atoms with Gasteiger partial charge in [0.2, 0.25) is 5.95 Å². The van der Waals surface area contributed by atoms with Gasteiger partial charge in [-0.1, -0.05) is 6.07 Å². The Morgan fingerprint density at radius 1 is 0.746 bits per heavy atom. The molecule has 3 atom stereocenters. The zero-order valence-electron chi connectivity index (χ0n) is 39.0. The van der Waals surface area contributed by atoms with E-state index in [1.54, 1.807) is 30.3 Å². The van der Waals surface area contributed by atoms with Crippen LogP contribution in [0, 0.1) is 11.3 Å². The van der Waals surface area contributed by atoms with Crippen LogP contribution in [0.2, 0.25) is 0 Å². The van der Waals surface area contributed by atoms with E-state index in [2.05, 4.69) is 46.5 Å². The molecule has 2 bridgehead atoms. The minimum atomic E-state index is -0.289. The van der Waals surface area contributed by atoms with E-state index < -0.39 is 0 Å². The Labute approximate surface area is 392 Å². The highest BCUT2D eigenvalue weighted by molar-refractivity contribution is 5.67. The van der Waals surface area contributed by atoms with Crippen LogP contribution in [0.25, 0.3) is 11.1 Å². The molecule has 5 heterocycles. The number of morpholine rings is 1. The average molecular weight is 934 g/mol.